The maximum Gasteiger partial charge on any atom is 0.268 e. The largest absolute Gasteiger partial charge is 0.397 e. The average molecular weight is 287 g/mol. The first-order valence-corrected chi connectivity index (χ1v) is 6.35. The number of halogens is 3. The van der Waals surface area contributed by atoms with E-state index in [4.69, 9.17) is 5.73 Å². The summed E-state index contributed by atoms with van der Waals surface area (Å²) in [7, 11) is 0. The molecule has 0 radical (unpaired) electrons. The van der Waals surface area contributed by atoms with E-state index >= 15 is 0 Å². The zero-order chi connectivity index (χ0) is 14.9. The third-order valence-electron chi connectivity index (χ3n) is 3.80. The van der Waals surface area contributed by atoms with E-state index < -0.39 is 23.3 Å². The molecule has 0 saturated heterocycles. The van der Waals surface area contributed by atoms with Gasteiger partial charge in [-0.15, -0.1) is 0 Å². The first kappa shape index (κ1) is 14.6. The first-order chi connectivity index (χ1) is 9.40. The van der Waals surface area contributed by atoms with E-state index in [2.05, 4.69) is 10.5 Å². The van der Waals surface area contributed by atoms with Gasteiger partial charge in [-0.3, -0.25) is 0 Å². The van der Waals surface area contributed by atoms with Crippen LogP contribution in [0.3, 0.4) is 0 Å². The van der Waals surface area contributed by atoms with Gasteiger partial charge in [-0.2, -0.15) is 4.91 Å². The molecule has 1 fully saturated rings. The van der Waals surface area contributed by atoms with E-state index in [1.807, 2.05) is 0 Å². The second-order valence-electron chi connectivity index (χ2n) is 5.21. The molecule has 1 aliphatic rings. The van der Waals surface area contributed by atoms with E-state index in [1.165, 1.54) is 13.0 Å². The molecular weight excluding hydrogens is 271 g/mol. The number of alkyl halides is 2. The Balaban J connectivity index is 2.31. The van der Waals surface area contributed by atoms with Gasteiger partial charge in [-0.1, -0.05) is 5.18 Å². The number of hydrogen-bond donors (Lipinski definition) is 2. The molecule has 1 aromatic carbocycles. The number of anilines is 2. The number of hydrogen-bond acceptors (Lipinski definition) is 4. The lowest BCUT2D eigenvalue weighted by molar-refractivity contribution is 0.147. The van der Waals surface area contributed by atoms with Crippen molar-refractivity contribution in [3.63, 3.8) is 0 Å². The van der Waals surface area contributed by atoms with Crippen LogP contribution in [0, 0.1) is 17.6 Å². The van der Waals surface area contributed by atoms with Crippen molar-refractivity contribution in [2.45, 2.75) is 38.2 Å². The summed E-state index contributed by atoms with van der Waals surface area (Å²) in [6.45, 7) is 1.46. The molecule has 20 heavy (non-hydrogen) atoms. The third kappa shape index (κ3) is 2.44. The minimum absolute atomic E-state index is 0.0413. The molecular formula is C13H16F3N3O. The number of nitrogens with one attached hydrogen (secondary N) is 1. The van der Waals surface area contributed by atoms with Crippen LogP contribution in [0.2, 0.25) is 0 Å². The molecule has 0 unspecified atom stereocenters. The molecule has 0 aliphatic heterocycles. The van der Waals surface area contributed by atoms with Crippen molar-refractivity contribution < 1.29 is 13.2 Å². The SMILES string of the molecule is Cc1cc(N)c(NCC2(N=O)CCC2)c(C(F)F)c1F. The van der Waals surface area contributed by atoms with Crippen LogP contribution in [0.4, 0.5) is 24.5 Å². The van der Waals surface area contributed by atoms with Crippen LogP contribution in [-0.2, 0) is 0 Å². The summed E-state index contributed by atoms with van der Waals surface area (Å²) in [6.07, 6.45) is -0.919. The summed E-state index contributed by atoms with van der Waals surface area (Å²) in [4.78, 5) is 10.8. The highest BCUT2D eigenvalue weighted by molar-refractivity contribution is 5.72. The second-order valence-corrected chi connectivity index (χ2v) is 5.21. The van der Waals surface area contributed by atoms with Gasteiger partial charge in [0.25, 0.3) is 6.43 Å². The lowest BCUT2D eigenvalue weighted by Crippen LogP contribution is -2.41. The molecule has 0 bridgehead atoms. The lowest BCUT2D eigenvalue weighted by atomic mass is 9.77. The summed E-state index contributed by atoms with van der Waals surface area (Å²) in [5.74, 6) is -0.974. The summed E-state index contributed by atoms with van der Waals surface area (Å²) in [5, 5.41) is 5.74. The molecule has 110 valence electrons. The Bertz CT molecular complexity index is 530. The molecule has 7 heteroatoms. The van der Waals surface area contributed by atoms with Crippen molar-refractivity contribution in [2.24, 2.45) is 5.18 Å². The van der Waals surface area contributed by atoms with Crippen LogP contribution in [0.5, 0.6) is 0 Å². The van der Waals surface area contributed by atoms with Crippen molar-refractivity contribution in [3.8, 4) is 0 Å². The Kier molecular flexibility index (Phi) is 3.87. The number of nitrogens with zero attached hydrogens (tertiary/aromatic N) is 1. The predicted molar refractivity (Wildman–Crippen MR) is 71.4 cm³/mol. The maximum atomic E-state index is 13.8. The topological polar surface area (TPSA) is 67.5 Å². The van der Waals surface area contributed by atoms with Crippen LogP contribution >= 0.6 is 0 Å². The molecule has 0 amide bonds. The van der Waals surface area contributed by atoms with E-state index in [9.17, 15) is 18.1 Å². The number of benzene rings is 1. The quantitative estimate of drug-likeness (QED) is 0.640. The van der Waals surface area contributed by atoms with Gasteiger partial charge in [-0.05, 0) is 37.8 Å². The van der Waals surface area contributed by atoms with Gasteiger partial charge in [0.15, 0.2) is 0 Å². The normalized spacial score (nSPS) is 16.9. The van der Waals surface area contributed by atoms with Gasteiger partial charge in [0.05, 0.1) is 16.9 Å². The van der Waals surface area contributed by atoms with E-state index in [-0.39, 0.29) is 23.5 Å². The van der Waals surface area contributed by atoms with E-state index in [0.717, 1.165) is 6.42 Å². The summed E-state index contributed by atoms with van der Waals surface area (Å²) in [6, 6.07) is 1.30. The lowest BCUT2D eigenvalue weighted by Gasteiger charge is -2.35. The van der Waals surface area contributed by atoms with Crippen LogP contribution in [0.15, 0.2) is 11.2 Å². The number of nitrogens with two attached hydrogens (primary N) is 1. The molecule has 0 heterocycles. The number of nitroso groups, excluding NO2 is 1. The fraction of sp³-hybridized carbons (Fsp3) is 0.538. The molecule has 0 spiro atoms. The molecule has 1 aliphatic carbocycles. The summed E-state index contributed by atoms with van der Waals surface area (Å²) >= 11 is 0. The Hall–Kier alpha value is -1.79. The molecule has 1 aromatic rings. The van der Waals surface area contributed by atoms with Crippen molar-refractivity contribution in [3.05, 3.63) is 27.9 Å². The molecule has 4 nitrogen and oxygen atoms in total. The van der Waals surface area contributed by atoms with Crippen molar-refractivity contribution in [1.82, 2.24) is 0 Å². The number of aryl methyl sites for hydroxylation is 1. The molecule has 1 saturated carbocycles. The highest BCUT2D eigenvalue weighted by atomic mass is 19.3. The van der Waals surface area contributed by atoms with Crippen LogP contribution in [0.25, 0.3) is 0 Å². The zero-order valence-electron chi connectivity index (χ0n) is 11.0. The summed E-state index contributed by atoms with van der Waals surface area (Å²) < 4.78 is 39.9. The minimum atomic E-state index is -2.98. The average Bonchev–Trinajstić information content (AvgIpc) is 2.33. The maximum absolute atomic E-state index is 13.8. The predicted octanol–water partition coefficient (Wildman–Crippen LogP) is 3.75. The fourth-order valence-corrected chi connectivity index (χ4v) is 2.39. The number of nitrogen functional groups attached to an aromatic ring is 1. The van der Waals surface area contributed by atoms with Crippen molar-refractivity contribution in [1.29, 1.82) is 0 Å². The van der Waals surface area contributed by atoms with E-state index in [1.54, 1.807) is 0 Å². The molecule has 0 aromatic heterocycles. The Morgan fingerprint density at radius 1 is 1.50 bits per heavy atom. The fourth-order valence-electron chi connectivity index (χ4n) is 2.39. The van der Waals surface area contributed by atoms with Crippen LogP contribution in [0.1, 0.15) is 36.8 Å². The number of rotatable bonds is 5. The smallest absolute Gasteiger partial charge is 0.268 e. The van der Waals surface area contributed by atoms with Gasteiger partial charge >= 0.3 is 0 Å². The van der Waals surface area contributed by atoms with Crippen LogP contribution in [-0.4, -0.2) is 12.1 Å². The van der Waals surface area contributed by atoms with Crippen LogP contribution < -0.4 is 11.1 Å². The van der Waals surface area contributed by atoms with Gasteiger partial charge < -0.3 is 11.1 Å². The van der Waals surface area contributed by atoms with Gasteiger partial charge in [-0.25, -0.2) is 13.2 Å². The molecule has 0 atom stereocenters. The van der Waals surface area contributed by atoms with Gasteiger partial charge in [0.2, 0.25) is 0 Å². The van der Waals surface area contributed by atoms with Crippen molar-refractivity contribution in [2.75, 3.05) is 17.6 Å². The van der Waals surface area contributed by atoms with Crippen molar-refractivity contribution >= 4 is 11.4 Å². The Morgan fingerprint density at radius 3 is 2.60 bits per heavy atom. The standard InChI is InChI=1S/C13H16F3N3O/c1-7-5-8(17)11(9(10(7)14)12(15)16)18-6-13(19-20)3-2-4-13/h5,12,18H,2-4,6,17H2,1H3. The highest BCUT2D eigenvalue weighted by Gasteiger charge is 2.39. The molecule has 2 rings (SSSR count). The second kappa shape index (κ2) is 5.30. The monoisotopic (exact) mass is 287 g/mol. The Morgan fingerprint density at radius 2 is 2.15 bits per heavy atom. The van der Waals surface area contributed by atoms with Gasteiger partial charge in [0.1, 0.15) is 11.4 Å². The zero-order valence-corrected chi connectivity index (χ0v) is 11.0. The Labute approximate surface area is 114 Å². The minimum Gasteiger partial charge on any atom is -0.397 e. The first-order valence-electron chi connectivity index (χ1n) is 6.35. The van der Waals surface area contributed by atoms with Gasteiger partial charge in [0, 0.05) is 6.54 Å². The molecule has 3 N–H and O–H groups in total. The summed E-state index contributed by atoms with van der Waals surface area (Å²) in [5.41, 5.74) is 4.12. The highest BCUT2D eigenvalue weighted by Crippen LogP contribution is 2.39. The van der Waals surface area contributed by atoms with E-state index in [0.29, 0.717) is 12.8 Å². The third-order valence-corrected chi connectivity index (χ3v) is 3.80.